The summed E-state index contributed by atoms with van der Waals surface area (Å²) in [5, 5.41) is 0. The van der Waals surface area contributed by atoms with Crippen molar-refractivity contribution in [2.45, 2.75) is 24.4 Å². The Kier molecular flexibility index (Phi) is 5.41. The van der Waals surface area contributed by atoms with Crippen LogP contribution in [0, 0.1) is 0 Å². The second-order valence-corrected chi connectivity index (χ2v) is 4.96. The molecular weight excluding hydrogens is 330 g/mol. The molecule has 0 saturated carbocycles. The normalized spacial score (nSPS) is 18.3. The van der Waals surface area contributed by atoms with E-state index in [0.717, 1.165) is 24.3 Å². The summed E-state index contributed by atoms with van der Waals surface area (Å²) in [6.07, 6.45) is -10.7. The van der Waals surface area contributed by atoms with Crippen molar-refractivity contribution in [1.82, 2.24) is 0 Å². The second-order valence-electron chi connectivity index (χ2n) is 4.96. The van der Waals surface area contributed by atoms with Crippen molar-refractivity contribution in [2.24, 2.45) is 0 Å². The number of hydrogen-bond acceptors (Lipinski definition) is 3. The first-order chi connectivity index (χ1) is 10.7. The minimum atomic E-state index is -5.40. The lowest BCUT2D eigenvalue weighted by atomic mass is 9.98. The van der Waals surface area contributed by atoms with E-state index in [2.05, 4.69) is 0 Å². The number of alkyl halides is 6. The van der Waals surface area contributed by atoms with Crippen LogP contribution in [-0.2, 0) is 9.47 Å². The zero-order valence-electron chi connectivity index (χ0n) is 11.8. The number of halogens is 6. The van der Waals surface area contributed by atoms with Crippen LogP contribution in [0.1, 0.15) is 11.5 Å². The Morgan fingerprint density at radius 3 is 2.04 bits per heavy atom. The molecule has 2 rings (SSSR count). The number of hydrogen-bond donors (Lipinski definition) is 0. The van der Waals surface area contributed by atoms with Gasteiger partial charge < -0.3 is 14.2 Å². The average Bonchev–Trinajstić information content (AvgIpc) is 3.21. The standard InChI is InChI=1S/C14H14F6O3/c15-13(16,17)12(14(18,19)20)9-1-3-10(4-2-9)22-6-5-21-7-11-8-23-11/h1-4,11-12H,5-8H2. The molecule has 1 atom stereocenters. The van der Waals surface area contributed by atoms with E-state index in [-0.39, 0.29) is 25.1 Å². The molecule has 0 spiro atoms. The summed E-state index contributed by atoms with van der Waals surface area (Å²) < 4.78 is 90.8. The van der Waals surface area contributed by atoms with Gasteiger partial charge >= 0.3 is 12.4 Å². The summed E-state index contributed by atoms with van der Waals surface area (Å²) in [5.41, 5.74) is -0.875. The van der Waals surface area contributed by atoms with Crippen molar-refractivity contribution in [3.8, 4) is 5.75 Å². The fourth-order valence-electron chi connectivity index (χ4n) is 1.92. The quantitative estimate of drug-likeness (QED) is 0.429. The molecule has 0 radical (unpaired) electrons. The molecule has 9 heteroatoms. The smallest absolute Gasteiger partial charge is 0.404 e. The van der Waals surface area contributed by atoms with E-state index >= 15 is 0 Å². The highest BCUT2D eigenvalue weighted by atomic mass is 19.4. The van der Waals surface area contributed by atoms with Gasteiger partial charge in [0.05, 0.1) is 19.8 Å². The maximum Gasteiger partial charge on any atom is 0.404 e. The van der Waals surface area contributed by atoms with Gasteiger partial charge in [0.2, 0.25) is 0 Å². The maximum atomic E-state index is 12.6. The van der Waals surface area contributed by atoms with Gasteiger partial charge in [0.1, 0.15) is 18.5 Å². The molecule has 0 aliphatic carbocycles. The van der Waals surface area contributed by atoms with Crippen molar-refractivity contribution in [2.75, 3.05) is 26.4 Å². The van der Waals surface area contributed by atoms with E-state index in [0.29, 0.717) is 13.2 Å². The molecular formula is C14H14F6O3. The molecule has 1 aromatic carbocycles. The third-order valence-corrected chi connectivity index (χ3v) is 3.07. The molecule has 1 unspecified atom stereocenters. The van der Waals surface area contributed by atoms with Gasteiger partial charge in [-0.2, -0.15) is 26.3 Å². The van der Waals surface area contributed by atoms with Crippen molar-refractivity contribution >= 4 is 0 Å². The fourth-order valence-corrected chi connectivity index (χ4v) is 1.92. The highest BCUT2D eigenvalue weighted by Gasteiger charge is 2.57. The van der Waals surface area contributed by atoms with E-state index in [4.69, 9.17) is 14.2 Å². The maximum absolute atomic E-state index is 12.6. The largest absolute Gasteiger partial charge is 0.491 e. The number of ether oxygens (including phenoxy) is 3. The second kappa shape index (κ2) is 6.96. The Balaban J connectivity index is 1.89. The third-order valence-electron chi connectivity index (χ3n) is 3.07. The van der Waals surface area contributed by atoms with Crippen molar-refractivity contribution < 1.29 is 40.6 Å². The van der Waals surface area contributed by atoms with Crippen LogP contribution in [0.25, 0.3) is 0 Å². The predicted octanol–water partition coefficient (Wildman–Crippen LogP) is 3.69. The molecule has 130 valence electrons. The van der Waals surface area contributed by atoms with E-state index in [1.807, 2.05) is 0 Å². The fraction of sp³-hybridized carbons (Fsp3) is 0.571. The first-order valence-corrected chi connectivity index (χ1v) is 6.73. The summed E-state index contributed by atoms with van der Waals surface area (Å²) in [6, 6.07) is 3.67. The Hall–Kier alpha value is -1.48. The Morgan fingerprint density at radius 1 is 1.00 bits per heavy atom. The summed E-state index contributed by atoms with van der Waals surface area (Å²) in [6.45, 7) is 1.46. The number of rotatable bonds is 7. The third kappa shape index (κ3) is 5.58. The lowest BCUT2D eigenvalue weighted by Gasteiger charge is -2.23. The van der Waals surface area contributed by atoms with E-state index in [1.165, 1.54) is 0 Å². The highest BCUT2D eigenvalue weighted by molar-refractivity contribution is 5.31. The van der Waals surface area contributed by atoms with Crippen molar-refractivity contribution in [3.05, 3.63) is 29.8 Å². The molecule has 0 N–H and O–H groups in total. The first kappa shape index (κ1) is 17.9. The lowest BCUT2D eigenvalue weighted by Crippen LogP contribution is -2.34. The van der Waals surface area contributed by atoms with Gasteiger partial charge in [0.25, 0.3) is 0 Å². The van der Waals surface area contributed by atoms with Gasteiger partial charge in [-0.25, -0.2) is 0 Å². The highest BCUT2D eigenvalue weighted by Crippen LogP contribution is 2.46. The average molecular weight is 344 g/mol. The van der Waals surface area contributed by atoms with Crippen LogP contribution in [0.5, 0.6) is 5.75 Å². The summed E-state index contributed by atoms with van der Waals surface area (Å²) in [5.74, 6) is -3.34. The molecule has 1 aromatic rings. The minimum absolute atomic E-state index is 0.107. The van der Waals surface area contributed by atoms with Crippen LogP contribution in [0.2, 0.25) is 0 Å². The van der Waals surface area contributed by atoms with Crippen molar-refractivity contribution in [1.29, 1.82) is 0 Å². The molecule has 1 heterocycles. The van der Waals surface area contributed by atoms with E-state index in [9.17, 15) is 26.3 Å². The minimum Gasteiger partial charge on any atom is -0.491 e. The molecule has 0 amide bonds. The monoisotopic (exact) mass is 344 g/mol. The Labute approximate surface area is 128 Å². The van der Waals surface area contributed by atoms with Crippen LogP contribution in [-0.4, -0.2) is 44.9 Å². The van der Waals surface area contributed by atoms with Crippen LogP contribution in [0.4, 0.5) is 26.3 Å². The molecule has 1 fully saturated rings. The zero-order chi connectivity index (χ0) is 17.1. The molecule has 0 bridgehead atoms. The molecule has 23 heavy (non-hydrogen) atoms. The van der Waals surface area contributed by atoms with Crippen LogP contribution >= 0.6 is 0 Å². The summed E-state index contributed by atoms with van der Waals surface area (Å²) in [4.78, 5) is 0. The Bertz CT molecular complexity index is 479. The van der Waals surface area contributed by atoms with Crippen LogP contribution < -0.4 is 4.74 Å². The molecule has 3 nitrogen and oxygen atoms in total. The van der Waals surface area contributed by atoms with E-state index < -0.39 is 23.8 Å². The number of epoxide rings is 1. The van der Waals surface area contributed by atoms with E-state index in [1.54, 1.807) is 0 Å². The van der Waals surface area contributed by atoms with Gasteiger partial charge in [0, 0.05) is 0 Å². The van der Waals surface area contributed by atoms with Gasteiger partial charge in [-0.3, -0.25) is 0 Å². The van der Waals surface area contributed by atoms with Gasteiger partial charge in [-0.05, 0) is 17.7 Å². The first-order valence-electron chi connectivity index (χ1n) is 6.73. The topological polar surface area (TPSA) is 31.0 Å². The summed E-state index contributed by atoms with van der Waals surface area (Å²) in [7, 11) is 0. The molecule has 0 aromatic heterocycles. The number of benzene rings is 1. The Morgan fingerprint density at radius 2 is 1.57 bits per heavy atom. The zero-order valence-corrected chi connectivity index (χ0v) is 11.8. The van der Waals surface area contributed by atoms with Crippen molar-refractivity contribution in [3.63, 3.8) is 0 Å². The molecule has 1 saturated heterocycles. The lowest BCUT2D eigenvalue weighted by molar-refractivity contribution is -0.253. The molecule has 1 aliphatic rings. The SMILES string of the molecule is FC(F)(F)C(c1ccc(OCCOCC2CO2)cc1)C(F)(F)F. The summed E-state index contributed by atoms with van der Waals surface area (Å²) >= 11 is 0. The van der Waals surface area contributed by atoms with Gasteiger partial charge in [-0.1, -0.05) is 12.1 Å². The van der Waals surface area contributed by atoms with Gasteiger partial charge in [0.15, 0.2) is 5.92 Å². The van der Waals surface area contributed by atoms with Crippen LogP contribution in [0.3, 0.4) is 0 Å². The van der Waals surface area contributed by atoms with Gasteiger partial charge in [-0.15, -0.1) is 0 Å². The van der Waals surface area contributed by atoms with Crippen LogP contribution in [0.15, 0.2) is 24.3 Å². The predicted molar refractivity (Wildman–Crippen MR) is 67.3 cm³/mol. The molecule has 1 aliphatic heterocycles.